The van der Waals surface area contributed by atoms with Crippen LogP contribution >= 0.6 is 0 Å². The molecule has 0 fully saturated rings. The number of nitrogens with zero attached hydrogens (tertiary/aromatic N) is 1. The molecule has 0 unspecified atom stereocenters. The second kappa shape index (κ2) is 5.18. The molecule has 2 heterocycles. The molecule has 0 saturated heterocycles. The van der Waals surface area contributed by atoms with Gasteiger partial charge in [-0.3, -0.25) is 4.79 Å². The van der Waals surface area contributed by atoms with Crippen molar-refractivity contribution in [3.63, 3.8) is 0 Å². The Bertz CT molecular complexity index is 772. The highest BCUT2D eigenvalue weighted by Gasteiger charge is 2.20. The average Bonchev–Trinajstić information content (AvgIpc) is 2.48. The van der Waals surface area contributed by atoms with Crippen molar-refractivity contribution in [3.05, 3.63) is 46.2 Å². The number of benzene rings is 1. The number of nitrogens with two attached hydrogens (primary N) is 1. The first-order chi connectivity index (χ1) is 10.4. The van der Waals surface area contributed by atoms with Crippen LogP contribution in [0, 0.1) is 0 Å². The fraction of sp³-hybridized carbons (Fsp3) is 0.353. The quantitative estimate of drug-likeness (QED) is 0.921. The molecule has 0 saturated carbocycles. The fourth-order valence-electron chi connectivity index (χ4n) is 2.62. The summed E-state index contributed by atoms with van der Waals surface area (Å²) in [6, 6.07) is 9.41. The van der Waals surface area contributed by atoms with Gasteiger partial charge in [0.05, 0.1) is 5.69 Å². The molecule has 1 aliphatic rings. The van der Waals surface area contributed by atoms with E-state index >= 15 is 0 Å². The molecule has 0 radical (unpaired) electrons. The molecular formula is C17H20N2O3. The minimum absolute atomic E-state index is 0.0834. The first-order valence-electron chi connectivity index (χ1n) is 7.27. The summed E-state index contributed by atoms with van der Waals surface area (Å²) in [7, 11) is 1.75. The maximum absolute atomic E-state index is 12.5. The van der Waals surface area contributed by atoms with Gasteiger partial charge in [0, 0.05) is 23.7 Å². The summed E-state index contributed by atoms with van der Waals surface area (Å²) >= 11 is 0. The number of ether oxygens (including phenoxy) is 2. The van der Waals surface area contributed by atoms with Crippen LogP contribution in [0.1, 0.15) is 19.4 Å². The molecule has 5 nitrogen and oxygen atoms in total. The van der Waals surface area contributed by atoms with E-state index in [1.807, 2.05) is 38.1 Å². The van der Waals surface area contributed by atoms with E-state index in [-0.39, 0.29) is 5.56 Å². The number of hydrogen-bond acceptors (Lipinski definition) is 4. The van der Waals surface area contributed by atoms with Crippen LogP contribution in [0.3, 0.4) is 0 Å². The van der Waals surface area contributed by atoms with Crippen molar-refractivity contribution < 1.29 is 9.47 Å². The Morgan fingerprint density at radius 1 is 1.09 bits per heavy atom. The number of pyridine rings is 1. The fourth-order valence-corrected chi connectivity index (χ4v) is 2.62. The zero-order chi connectivity index (χ0) is 15.9. The van der Waals surface area contributed by atoms with Crippen molar-refractivity contribution in [1.82, 2.24) is 4.57 Å². The summed E-state index contributed by atoms with van der Waals surface area (Å²) in [6.45, 7) is 4.75. The van der Waals surface area contributed by atoms with E-state index in [0.29, 0.717) is 24.5 Å². The molecule has 1 aliphatic heterocycles. The van der Waals surface area contributed by atoms with Gasteiger partial charge in [-0.2, -0.15) is 0 Å². The maximum Gasteiger partial charge on any atom is 0.255 e. The molecule has 5 heteroatoms. The monoisotopic (exact) mass is 300 g/mol. The van der Waals surface area contributed by atoms with Crippen LogP contribution in [0.15, 0.2) is 35.1 Å². The van der Waals surface area contributed by atoms with Gasteiger partial charge in [-0.25, -0.2) is 0 Å². The lowest BCUT2D eigenvalue weighted by molar-refractivity contribution is 0.171. The molecule has 0 bridgehead atoms. The molecule has 22 heavy (non-hydrogen) atoms. The van der Waals surface area contributed by atoms with E-state index in [1.165, 1.54) is 0 Å². The van der Waals surface area contributed by atoms with Gasteiger partial charge in [0.2, 0.25) is 0 Å². The van der Waals surface area contributed by atoms with E-state index in [0.717, 1.165) is 17.0 Å². The van der Waals surface area contributed by atoms with E-state index in [4.69, 9.17) is 15.2 Å². The third-order valence-electron chi connectivity index (χ3n) is 3.84. The van der Waals surface area contributed by atoms with Crippen LogP contribution in [-0.4, -0.2) is 17.8 Å². The van der Waals surface area contributed by atoms with Gasteiger partial charge in [-0.15, -0.1) is 0 Å². The Labute approximate surface area is 129 Å². The first-order valence-corrected chi connectivity index (χ1v) is 7.27. The van der Waals surface area contributed by atoms with Gasteiger partial charge in [-0.05, 0) is 44.2 Å². The topological polar surface area (TPSA) is 66.5 Å². The number of rotatable bonds is 2. The van der Waals surface area contributed by atoms with Gasteiger partial charge < -0.3 is 19.8 Å². The second-order valence-corrected chi connectivity index (χ2v) is 6.08. The van der Waals surface area contributed by atoms with E-state index in [9.17, 15) is 4.79 Å². The number of aromatic nitrogens is 1. The standard InChI is InChI=1S/C17H20N2O3/c1-17(2,18)12-5-6-13(19(3)16(12)20)11-4-7-14-15(10-11)22-9-8-21-14/h4-7,10H,8-9,18H2,1-3H3. The van der Waals surface area contributed by atoms with Crippen LogP contribution < -0.4 is 20.8 Å². The van der Waals surface area contributed by atoms with Crippen molar-refractivity contribution in [2.75, 3.05) is 13.2 Å². The van der Waals surface area contributed by atoms with Crippen LogP contribution in [0.2, 0.25) is 0 Å². The Balaban J connectivity index is 2.10. The maximum atomic E-state index is 12.5. The molecule has 3 rings (SSSR count). The Morgan fingerprint density at radius 3 is 2.45 bits per heavy atom. The van der Waals surface area contributed by atoms with E-state index < -0.39 is 5.54 Å². The van der Waals surface area contributed by atoms with E-state index in [2.05, 4.69) is 0 Å². The summed E-state index contributed by atoms with van der Waals surface area (Å²) in [5.74, 6) is 1.44. The predicted molar refractivity (Wildman–Crippen MR) is 85.3 cm³/mol. The van der Waals surface area contributed by atoms with Crippen molar-refractivity contribution in [2.45, 2.75) is 19.4 Å². The van der Waals surface area contributed by atoms with Crippen LogP contribution in [0.4, 0.5) is 0 Å². The Kier molecular flexibility index (Phi) is 3.45. The zero-order valence-electron chi connectivity index (χ0n) is 13.1. The molecule has 1 aromatic carbocycles. The van der Waals surface area contributed by atoms with Gasteiger partial charge >= 0.3 is 0 Å². The minimum Gasteiger partial charge on any atom is -0.486 e. The SMILES string of the molecule is Cn1c(-c2ccc3c(c2)OCCO3)ccc(C(C)(C)N)c1=O. The lowest BCUT2D eigenvalue weighted by Gasteiger charge is -2.21. The predicted octanol–water partition coefficient (Wildman–Crippen LogP) is 2.02. The normalized spacial score (nSPS) is 14.0. The molecule has 116 valence electrons. The number of hydrogen-bond donors (Lipinski definition) is 1. The highest BCUT2D eigenvalue weighted by molar-refractivity contribution is 5.65. The summed E-state index contributed by atoms with van der Waals surface area (Å²) in [5, 5.41) is 0. The average molecular weight is 300 g/mol. The lowest BCUT2D eigenvalue weighted by atomic mass is 9.96. The Morgan fingerprint density at radius 2 is 1.77 bits per heavy atom. The molecular weight excluding hydrogens is 280 g/mol. The van der Waals surface area contributed by atoms with Gasteiger partial charge in [0.15, 0.2) is 11.5 Å². The summed E-state index contributed by atoms with van der Waals surface area (Å²) in [4.78, 5) is 12.5. The summed E-state index contributed by atoms with van der Waals surface area (Å²) < 4.78 is 12.7. The molecule has 0 aliphatic carbocycles. The molecule has 2 aromatic rings. The molecule has 0 amide bonds. The first kappa shape index (κ1) is 14.7. The smallest absolute Gasteiger partial charge is 0.255 e. The molecule has 0 spiro atoms. The van der Waals surface area contributed by atoms with Crippen LogP contribution in [0.5, 0.6) is 11.5 Å². The van der Waals surface area contributed by atoms with Crippen molar-refractivity contribution >= 4 is 0 Å². The third kappa shape index (κ3) is 2.48. The van der Waals surface area contributed by atoms with Crippen molar-refractivity contribution in [1.29, 1.82) is 0 Å². The molecule has 2 N–H and O–H groups in total. The second-order valence-electron chi connectivity index (χ2n) is 6.08. The van der Waals surface area contributed by atoms with E-state index in [1.54, 1.807) is 17.7 Å². The van der Waals surface area contributed by atoms with Gasteiger partial charge in [0.1, 0.15) is 13.2 Å². The summed E-state index contributed by atoms with van der Waals surface area (Å²) in [6.07, 6.45) is 0. The highest BCUT2D eigenvalue weighted by Crippen LogP contribution is 2.34. The van der Waals surface area contributed by atoms with Crippen LogP contribution in [-0.2, 0) is 12.6 Å². The number of fused-ring (bicyclic) bond motifs is 1. The Hall–Kier alpha value is -2.27. The third-order valence-corrected chi connectivity index (χ3v) is 3.84. The molecule has 1 aromatic heterocycles. The summed E-state index contributed by atoms with van der Waals surface area (Å²) in [5.41, 5.74) is 7.62. The minimum atomic E-state index is -0.666. The highest BCUT2D eigenvalue weighted by atomic mass is 16.6. The van der Waals surface area contributed by atoms with Gasteiger partial charge in [0.25, 0.3) is 5.56 Å². The van der Waals surface area contributed by atoms with Crippen molar-refractivity contribution in [2.24, 2.45) is 12.8 Å². The zero-order valence-corrected chi connectivity index (χ0v) is 13.1. The lowest BCUT2D eigenvalue weighted by Crippen LogP contribution is -2.37. The van der Waals surface area contributed by atoms with Crippen molar-refractivity contribution in [3.8, 4) is 22.8 Å². The molecule has 0 atom stereocenters. The largest absolute Gasteiger partial charge is 0.486 e. The van der Waals surface area contributed by atoms with Gasteiger partial charge in [-0.1, -0.05) is 0 Å². The van der Waals surface area contributed by atoms with Crippen LogP contribution in [0.25, 0.3) is 11.3 Å².